The van der Waals surface area contributed by atoms with Crippen molar-refractivity contribution in [3.05, 3.63) is 36.0 Å². The predicted molar refractivity (Wildman–Crippen MR) is 130 cm³/mol. The van der Waals surface area contributed by atoms with Gasteiger partial charge in [-0.3, -0.25) is 9.59 Å². The van der Waals surface area contributed by atoms with Gasteiger partial charge in [-0.25, -0.2) is 0 Å². The normalized spacial score (nSPS) is 36.5. The first-order valence-corrected chi connectivity index (χ1v) is 12.6. The zero-order valence-corrected chi connectivity index (χ0v) is 21.2. The Morgan fingerprint density at radius 2 is 1.91 bits per heavy atom. The molecule has 190 valence electrons. The Morgan fingerprint density at radius 1 is 1.18 bits per heavy atom. The van der Waals surface area contributed by atoms with Gasteiger partial charge >= 0.3 is 5.97 Å². The highest BCUT2D eigenvalue weighted by molar-refractivity contribution is 5.87. The summed E-state index contributed by atoms with van der Waals surface area (Å²) in [5.74, 6) is -0.230. The Labute approximate surface area is 203 Å². The molecule has 7 atom stereocenters. The first-order valence-electron chi connectivity index (χ1n) is 12.6. The van der Waals surface area contributed by atoms with E-state index < -0.39 is 5.97 Å². The average molecular weight is 476 g/mol. The molecule has 7 heteroatoms. The summed E-state index contributed by atoms with van der Waals surface area (Å²) < 4.78 is 17.9. The summed E-state index contributed by atoms with van der Waals surface area (Å²) in [6.07, 6.45) is 12.5. The lowest BCUT2D eigenvalue weighted by molar-refractivity contribution is -0.143. The van der Waals surface area contributed by atoms with E-state index in [9.17, 15) is 9.59 Å². The summed E-state index contributed by atoms with van der Waals surface area (Å²) in [5.41, 5.74) is 0.927. The van der Waals surface area contributed by atoms with E-state index in [0.29, 0.717) is 24.9 Å². The average Bonchev–Trinajstić information content (AvgIpc) is 3.49. The van der Waals surface area contributed by atoms with Gasteiger partial charge in [0.2, 0.25) is 5.91 Å². The minimum Gasteiger partial charge on any atom is -0.481 e. The molecule has 3 heterocycles. The van der Waals surface area contributed by atoms with Gasteiger partial charge < -0.3 is 24.6 Å². The van der Waals surface area contributed by atoms with Crippen molar-refractivity contribution in [2.75, 3.05) is 6.61 Å². The molecule has 0 aliphatic carbocycles. The molecule has 3 rings (SSSR count). The largest absolute Gasteiger partial charge is 0.481 e. The quantitative estimate of drug-likeness (QED) is 0.295. The number of aliphatic carboxylic acids is 1. The van der Waals surface area contributed by atoms with Gasteiger partial charge in [0.25, 0.3) is 0 Å². The zero-order chi connectivity index (χ0) is 24.9. The van der Waals surface area contributed by atoms with Crippen molar-refractivity contribution < 1.29 is 28.9 Å². The molecule has 3 aliphatic rings. The Morgan fingerprint density at radius 3 is 2.56 bits per heavy atom. The van der Waals surface area contributed by atoms with E-state index >= 15 is 0 Å². The van der Waals surface area contributed by atoms with Crippen molar-refractivity contribution >= 4 is 11.9 Å². The molecular formula is C27H41NO6. The van der Waals surface area contributed by atoms with Crippen molar-refractivity contribution in [2.45, 2.75) is 103 Å². The van der Waals surface area contributed by atoms with E-state index in [0.717, 1.165) is 24.8 Å². The van der Waals surface area contributed by atoms with Crippen LogP contribution in [0.5, 0.6) is 0 Å². The van der Waals surface area contributed by atoms with E-state index in [4.69, 9.17) is 19.3 Å². The number of amides is 1. The first-order chi connectivity index (χ1) is 16.0. The van der Waals surface area contributed by atoms with Crippen molar-refractivity contribution in [2.24, 2.45) is 11.8 Å². The second-order valence-electron chi connectivity index (χ2n) is 10.6. The number of epoxide rings is 1. The third-order valence-electron chi connectivity index (χ3n) is 6.92. The van der Waals surface area contributed by atoms with E-state index in [1.54, 1.807) is 6.08 Å². The maximum Gasteiger partial charge on any atom is 0.305 e. The molecule has 0 bridgehead atoms. The van der Waals surface area contributed by atoms with Crippen LogP contribution in [0.4, 0.5) is 0 Å². The fourth-order valence-electron chi connectivity index (χ4n) is 4.83. The standard InChI is InChI=1S/C27H41NO6/c1-17(2)6-11-25(29)28-23-12-19(4)24(33-20(23)5)10-8-18(3)7-9-21-14-27(16-32-27)15-22(34-21)13-26(30)31/h6-9,11,17,19-24H,10,12-16H2,1-5H3,(H,28,29)(H,30,31)/b9-7+,11-6-,18-8+/t19-,20+,21+,22+,23+,24-,27+/m0/s1. The first kappa shape index (κ1) is 26.6. The van der Waals surface area contributed by atoms with Crippen LogP contribution in [0.25, 0.3) is 0 Å². The molecule has 1 spiro atoms. The van der Waals surface area contributed by atoms with Crippen LogP contribution in [-0.4, -0.2) is 59.6 Å². The zero-order valence-electron chi connectivity index (χ0n) is 21.2. The highest BCUT2D eigenvalue weighted by Crippen LogP contribution is 2.43. The van der Waals surface area contributed by atoms with Gasteiger partial charge in [0.15, 0.2) is 0 Å². The Kier molecular flexibility index (Phi) is 9.13. The number of carboxylic acids is 1. The monoisotopic (exact) mass is 475 g/mol. The van der Waals surface area contributed by atoms with Crippen LogP contribution in [0, 0.1) is 11.8 Å². The predicted octanol–water partition coefficient (Wildman–Crippen LogP) is 4.18. The molecule has 3 aliphatic heterocycles. The van der Waals surface area contributed by atoms with Crippen molar-refractivity contribution in [1.29, 1.82) is 0 Å². The van der Waals surface area contributed by atoms with Crippen LogP contribution < -0.4 is 5.32 Å². The number of hydrogen-bond acceptors (Lipinski definition) is 5. The number of rotatable bonds is 9. The van der Waals surface area contributed by atoms with Gasteiger partial charge in [0.1, 0.15) is 0 Å². The number of carboxylic acid groups (broad SMARTS) is 1. The molecule has 7 nitrogen and oxygen atoms in total. The number of nitrogens with one attached hydrogen (secondary N) is 1. The lowest BCUT2D eigenvalue weighted by Gasteiger charge is -2.39. The number of allylic oxidation sites excluding steroid dienone is 3. The van der Waals surface area contributed by atoms with Crippen LogP contribution in [0.15, 0.2) is 36.0 Å². The molecule has 0 aromatic rings. The van der Waals surface area contributed by atoms with Crippen molar-refractivity contribution in [3.8, 4) is 0 Å². The number of carbonyl (C=O) groups excluding carboxylic acids is 1. The van der Waals surface area contributed by atoms with Gasteiger partial charge in [-0.15, -0.1) is 0 Å². The highest BCUT2D eigenvalue weighted by Gasteiger charge is 2.51. The van der Waals surface area contributed by atoms with Crippen LogP contribution in [0.2, 0.25) is 0 Å². The highest BCUT2D eigenvalue weighted by atomic mass is 16.6. The molecule has 2 N–H and O–H groups in total. The summed E-state index contributed by atoms with van der Waals surface area (Å²) in [4.78, 5) is 23.3. The van der Waals surface area contributed by atoms with Gasteiger partial charge in [0, 0.05) is 12.8 Å². The molecule has 0 aromatic carbocycles. The van der Waals surface area contributed by atoms with E-state index in [1.807, 2.05) is 39.0 Å². The van der Waals surface area contributed by atoms with Crippen molar-refractivity contribution in [1.82, 2.24) is 5.32 Å². The van der Waals surface area contributed by atoms with E-state index in [2.05, 4.69) is 25.2 Å². The van der Waals surface area contributed by atoms with Crippen LogP contribution >= 0.6 is 0 Å². The summed E-state index contributed by atoms with van der Waals surface area (Å²) in [6.45, 7) is 11.0. The Bertz CT molecular complexity index is 812. The smallest absolute Gasteiger partial charge is 0.305 e. The molecule has 0 saturated carbocycles. The third-order valence-corrected chi connectivity index (χ3v) is 6.92. The van der Waals surface area contributed by atoms with Gasteiger partial charge in [0.05, 0.1) is 49.1 Å². The maximum absolute atomic E-state index is 12.2. The van der Waals surface area contributed by atoms with Gasteiger partial charge in [-0.2, -0.15) is 0 Å². The number of ether oxygens (including phenoxy) is 3. The lowest BCUT2D eigenvalue weighted by Crippen LogP contribution is -2.50. The minimum absolute atomic E-state index is 0.00875. The molecule has 3 fully saturated rings. The summed E-state index contributed by atoms with van der Waals surface area (Å²) in [6, 6.07) is 0.0136. The van der Waals surface area contributed by atoms with E-state index in [-0.39, 0.29) is 48.4 Å². The topological polar surface area (TPSA) is 97.4 Å². The van der Waals surface area contributed by atoms with Crippen LogP contribution in [0.3, 0.4) is 0 Å². The summed E-state index contributed by atoms with van der Waals surface area (Å²) in [5, 5.41) is 12.2. The molecule has 0 unspecified atom stereocenters. The number of hydrogen-bond donors (Lipinski definition) is 2. The molecule has 0 aromatic heterocycles. The Hall–Kier alpha value is -1.96. The van der Waals surface area contributed by atoms with Crippen molar-refractivity contribution in [3.63, 3.8) is 0 Å². The minimum atomic E-state index is -0.842. The fraction of sp³-hybridized carbons (Fsp3) is 0.704. The number of carbonyl (C=O) groups is 2. The maximum atomic E-state index is 12.2. The van der Waals surface area contributed by atoms with Gasteiger partial charge in [-0.05, 0) is 44.6 Å². The lowest BCUT2D eigenvalue weighted by atomic mass is 9.88. The fourth-order valence-corrected chi connectivity index (χ4v) is 4.83. The van der Waals surface area contributed by atoms with Gasteiger partial charge in [-0.1, -0.05) is 50.6 Å². The Balaban J connectivity index is 1.49. The summed E-state index contributed by atoms with van der Waals surface area (Å²) in [7, 11) is 0. The SMILES string of the molecule is CC(/C=C/[C@@H]1C[C@]2(CO2)C[C@@H](CC(=O)O)O1)=C\C[C@@H]1O[C@H](C)[C@H](NC(=O)/C=C\C(C)C)C[C@@H]1C. The third kappa shape index (κ3) is 8.07. The molecule has 1 amide bonds. The second kappa shape index (κ2) is 11.6. The summed E-state index contributed by atoms with van der Waals surface area (Å²) >= 11 is 0. The van der Waals surface area contributed by atoms with Crippen LogP contribution in [0.1, 0.15) is 66.7 Å². The molecule has 3 saturated heterocycles. The second-order valence-corrected chi connectivity index (χ2v) is 10.6. The molecular weight excluding hydrogens is 434 g/mol. The molecule has 34 heavy (non-hydrogen) atoms. The van der Waals surface area contributed by atoms with E-state index in [1.165, 1.54) is 0 Å². The van der Waals surface area contributed by atoms with Crippen LogP contribution in [-0.2, 0) is 23.8 Å². The molecule has 0 radical (unpaired) electrons.